The molecule has 4 nitrogen and oxygen atoms in total. The number of nitrogens with two attached hydrogens (primary N) is 1. The summed E-state index contributed by atoms with van der Waals surface area (Å²) in [6.07, 6.45) is 4.77. The topological polar surface area (TPSA) is 56.7 Å². The van der Waals surface area contributed by atoms with Crippen LogP contribution in [0.5, 0.6) is 0 Å². The average Bonchev–Trinajstić information content (AvgIpc) is 2.65. The largest absolute Gasteiger partial charge is 0.327 e. The van der Waals surface area contributed by atoms with E-state index in [1.165, 1.54) is 0 Å². The van der Waals surface area contributed by atoms with E-state index in [1.807, 2.05) is 4.68 Å². The second-order valence-electron chi connectivity index (χ2n) is 4.29. The van der Waals surface area contributed by atoms with Crippen molar-refractivity contribution >= 4 is 0 Å². The van der Waals surface area contributed by atoms with Gasteiger partial charge in [0.1, 0.15) is 12.2 Å². The molecule has 4 heteroatoms. The second kappa shape index (κ2) is 5.85. The van der Waals surface area contributed by atoms with Gasteiger partial charge in [0.05, 0.1) is 0 Å². The average molecular weight is 210 g/mol. The summed E-state index contributed by atoms with van der Waals surface area (Å²) in [4.78, 5) is 4.24. The molecule has 0 fully saturated rings. The van der Waals surface area contributed by atoms with Crippen molar-refractivity contribution in [3.05, 3.63) is 12.2 Å². The van der Waals surface area contributed by atoms with E-state index in [2.05, 4.69) is 30.9 Å². The molecule has 0 spiro atoms. The Balaban J connectivity index is 2.31. The van der Waals surface area contributed by atoms with E-state index in [1.54, 1.807) is 6.33 Å². The van der Waals surface area contributed by atoms with Crippen molar-refractivity contribution < 1.29 is 0 Å². The molecule has 0 saturated carbocycles. The highest BCUT2D eigenvalue weighted by Crippen LogP contribution is 2.08. The predicted octanol–water partition coefficient (Wildman–Crippen LogP) is 1.60. The highest BCUT2D eigenvalue weighted by molar-refractivity contribution is 4.84. The fourth-order valence-electron chi connectivity index (χ4n) is 1.58. The highest BCUT2D eigenvalue weighted by Gasteiger charge is 2.08. The zero-order valence-corrected chi connectivity index (χ0v) is 9.98. The summed E-state index contributed by atoms with van der Waals surface area (Å²) >= 11 is 0. The maximum Gasteiger partial charge on any atom is 0.138 e. The third-order valence-electron chi connectivity index (χ3n) is 2.79. The molecule has 1 rings (SSSR count). The van der Waals surface area contributed by atoms with Crippen LogP contribution in [0.2, 0.25) is 0 Å². The predicted molar refractivity (Wildman–Crippen MR) is 61.4 cm³/mol. The molecule has 1 aromatic rings. The molecule has 1 heterocycles. The zero-order chi connectivity index (χ0) is 11.3. The summed E-state index contributed by atoms with van der Waals surface area (Å²) in [6.45, 7) is 7.31. The Morgan fingerprint density at radius 2 is 2.20 bits per heavy atom. The molecular formula is C11H22N4. The Labute approximate surface area is 91.9 Å². The number of nitrogens with zero attached hydrogens (tertiary/aromatic N) is 3. The van der Waals surface area contributed by atoms with Gasteiger partial charge in [-0.15, -0.1) is 0 Å². The number of aromatic nitrogens is 3. The Morgan fingerprint density at radius 3 is 2.80 bits per heavy atom. The van der Waals surface area contributed by atoms with Crippen molar-refractivity contribution in [1.29, 1.82) is 0 Å². The maximum atomic E-state index is 5.98. The minimum atomic E-state index is 0.308. The standard InChI is InChI=1S/C11H22N4/c1-4-15-11(13-8-14-15)7-5-6-10(12)9(2)3/h8-10H,4-7,12H2,1-3H3. The van der Waals surface area contributed by atoms with Crippen LogP contribution in [-0.4, -0.2) is 20.8 Å². The fraction of sp³-hybridized carbons (Fsp3) is 0.818. The monoisotopic (exact) mass is 210 g/mol. The number of aryl methyl sites for hydroxylation is 2. The van der Waals surface area contributed by atoms with Crippen LogP contribution in [0.4, 0.5) is 0 Å². The minimum Gasteiger partial charge on any atom is -0.327 e. The van der Waals surface area contributed by atoms with Gasteiger partial charge in [-0.25, -0.2) is 4.98 Å². The van der Waals surface area contributed by atoms with Crippen LogP contribution in [0.25, 0.3) is 0 Å². The summed E-state index contributed by atoms with van der Waals surface area (Å²) in [6, 6.07) is 0.308. The maximum absolute atomic E-state index is 5.98. The Kier molecular flexibility index (Phi) is 4.75. The van der Waals surface area contributed by atoms with E-state index in [-0.39, 0.29) is 0 Å². The lowest BCUT2D eigenvalue weighted by molar-refractivity contribution is 0.447. The van der Waals surface area contributed by atoms with Crippen LogP contribution in [0.1, 0.15) is 39.4 Å². The third-order valence-corrected chi connectivity index (χ3v) is 2.79. The number of hydrogen-bond acceptors (Lipinski definition) is 3. The van der Waals surface area contributed by atoms with Crippen LogP contribution >= 0.6 is 0 Å². The van der Waals surface area contributed by atoms with Crippen LogP contribution in [0, 0.1) is 5.92 Å². The lowest BCUT2D eigenvalue weighted by Gasteiger charge is -2.14. The van der Waals surface area contributed by atoms with Gasteiger partial charge in [0.25, 0.3) is 0 Å². The first-order valence-electron chi connectivity index (χ1n) is 5.77. The normalized spacial score (nSPS) is 13.4. The van der Waals surface area contributed by atoms with Crippen LogP contribution < -0.4 is 5.73 Å². The fourth-order valence-corrected chi connectivity index (χ4v) is 1.58. The van der Waals surface area contributed by atoms with Gasteiger partial charge in [0.15, 0.2) is 0 Å². The summed E-state index contributed by atoms with van der Waals surface area (Å²) in [5, 5.41) is 4.14. The van der Waals surface area contributed by atoms with E-state index >= 15 is 0 Å². The molecule has 86 valence electrons. The summed E-state index contributed by atoms with van der Waals surface area (Å²) in [5.41, 5.74) is 5.98. The summed E-state index contributed by atoms with van der Waals surface area (Å²) < 4.78 is 1.95. The van der Waals surface area contributed by atoms with E-state index in [0.717, 1.165) is 31.6 Å². The molecule has 0 bridgehead atoms. The van der Waals surface area contributed by atoms with Crippen molar-refractivity contribution in [1.82, 2.24) is 14.8 Å². The summed E-state index contributed by atoms with van der Waals surface area (Å²) in [5.74, 6) is 1.64. The van der Waals surface area contributed by atoms with Crippen molar-refractivity contribution in [3.63, 3.8) is 0 Å². The van der Waals surface area contributed by atoms with Crippen molar-refractivity contribution in [2.24, 2.45) is 11.7 Å². The molecule has 1 aromatic heterocycles. The first-order chi connectivity index (χ1) is 7.15. The Hall–Kier alpha value is -0.900. The van der Waals surface area contributed by atoms with Gasteiger partial charge in [0, 0.05) is 19.0 Å². The number of hydrogen-bond donors (Lipinski definition) is 1. The molecule has 0 saturated heterocycles. The second-order valence-corrected chi connectivity index (χ2v) is 4.29. The van der Waals surface area contributed by atoms with Gasteiger partial charge in [-0.05, 0) is 25.7 Å². The molecule has 0 aliphatic rings. The molecule has 15 heavy (non-hydrogen) atoms. The van der Waals surface area contributed by atoms with Gasteiger partial charge in [-0.2, -0.15) is 5.10 Å². The SMILES string of the molecule is CCn1ncnc1CCCC(N)C(C)C. The van der Waals surface area contributed by atoms with Crippen LogP contribution in [0.15, 0.2) is 6.33 Å². The van der Waals surface area contributed by atoms with E-state index in [0.29, 0.717) is 12.0 Å². The Morgan fingerprint density at radius 1 is 1.47 bits per heavy atom. The molecule has 0 amide bonds. The van der Waals surface area contributed by atoms with E-state index in [4.69, 9.17) is 5.73 Å². The minimum absolute atomic E-state index is 0.308. The van der Waals surface area contributed by atoms with Gasteiger partial charge in [-0.1, -0.05) is 13.8 Å². The highest BCUT2D eigenvalue weighted by atomic mass is 15.3. The van der Waals surface area contributed by atoms with Crippen molar-refractivity contribution in [3.8, 4) is 0 Å². The smallest absolute Gasteiger partial charge is 0.138 e. The quantitative estimate of drug-likeness (QED) is 0.776. The van der Waals surface area contributed by atoms with Gasteiger partial charge >= 0.3 is 0 Å². The van der Waals surface area contributed by atoms with Crippen LogP contribution in [-0.2, 0) is 13.0 Å². The molecule has 0 radical (unpaired) electrons. The van der Waals surface area contributed by atoms with E-state index < -0.39 is 0 Å². The number of rotatable bonds is 6. The first kappa shape index (κ1) is 12.2. The summed E-state index contributed by atoms with van der Waals surface area (Å²) in [7, 11) is 0. The first-order valence-corrected chi connectivity index (χ1v) is 5.77. The van der Waals surface area contributed by atoms with Crippen molar-refractivity contribution in [2.75, 3.05) is 0 Å². The Bertz CT molecular complexity index is 280. The zero-order valence-electron chi connectivity index (χ0n) is 9.98. The lowest BCUT2D eigenvalue weighted by atomic mass is 9.99. The van der Waals surface area contributed by atoms with E-state index in [9.17, 15) is 0 Å². The molecule has 0 aliphatic carbocycles. The van der Waals surface area contributed by atoms with Gasteiger partial charge < -0.3 is 5.73 Å². The van der Waals surface area contributed by atoms with Gasteiger partial charge in [0.2, 0.25) is 0 Å². The van der Waals surface area contributed by atoms with Crippen molar-refractivity contribution in [2.45, 2.75) is 52.6 Å². The molecule has 1 atom stereocenters. The molecular weight excluding hydrogens is 188 g/mol. The van der Waals surface area contributed by atoms with Gasteiger partial charge in [-0.3, -0.25) is 4.68 Å². The van der Waals surface area contributed by atoms with Crippen LogP contribution in [0.3, 0.4) is 0 Å². The lowest BCUT2D eigenvalue weighted by Crippen LogP contribution is -2.26. The molecule has 0 aliphatic heterocycles. The molecule has 2 N–H and O–H groups in total. The molecule has 1 unspecified atom stereocenters. The molecule has 0 aromatic carbocycles. The third kappa shape index (κ3) is 3.63.